The van der Waals surface area contributed by atoms with Crippen LogP contribution in [0.4, 0.5) is 5.95 Å². The monoisotopic (exact) mass is 274 g/mol. The van der Waals surface area contributed by atoms with Gasteiger partial charge in [-0.05, 0) is 44.6 Å². The lowest BCUT2D eigenvalue weighted by Crippen LogP contribution is -2.36. The van der Waals surface area contributed by atoms with Gasteiger partial charge in [0, 0.05) is 24.8 Å². The third-order valence-corrected chi connectivity index (χ3v) is 3.93. The zero-order valence-electron chi connectivity index (χ0n) is 12.2. The van der Waals surface area contributed by atoms with E-state index in [1.165, 1.54) is 12.8 Å². The van der Waals surface area contributed by atoms with Crippen molar-refractivity contribution in [3.8, 4) is 0 Å². The number of rotatable bonds is 3. The maximum atomic E-state index is 12.1. The summed E-state index contributed by atoms with van der Waals surface area (Å²) in [5.74, 6) is 1.30. The summed E-state index contributed by atoms with van der Waals surface area (Å²) >= 11 is 0. The summed E-state index contributed by atoms with van der Waals surface area (Å²) in [7, 11) is 0. The number of carbonyl (C=O) groups is 1. The van der Waals surface area contributed by atoms with Gasteiger partial charge < -0.3 is 10.2 Å². The topological polar surface area (TPSA) is 58.1 Å². The number of anilines is 1. The summed E-state index contributed by atoms with van der Waals surface area (Å²) in [5, 5.41) is 2.99. The second-order valence-electron chi connectivity index (χ2n) is 6.14. The van der Waals surface area contributed by atoms with E-state index in [0.717, 1.165) is 31.6 Å². The summed E-state index contributed by atoms with van der Waals surface area (Å²) in [6.45, 7) is 6.14. The van der Waals surface area contributed by atoms with E-state index in [1.54, 1.807) is 6.07 Å². The Morgan fingerprint density at radius 1 is 1.35 bits per heavy atom. The molecule has 108 valence electrons. The minimum absolute atomic E-state index is 0.0655. The van der Waals surface area contributed by atoms with E-state index in [-0.39, 0.29) is 5.91 Å². The molecule has 0 spiro atoms. The molecule has 2 fully saturated rings. The number of carbonyl (C=O) groups excluding carboxylic acids is 1. The van der Waals surface area contributed by atoms with Crippen molar-refractivity contribution in [3.63, 3.8) is 0 Å². The minimum atomic E-state index is -0.0655. The highest BCUT2D eigenvalue weighted by Crippen LogP contribution is 2.22. The van der Waals surface area contributed by atoms with Gasteiger partial charge in [0.15, 0.2) is 0 Å². The lowest BCUT2D eigenvalue weighted by molar-refractivity contribution is 0.0946. The fourth-order valence-corrected chi connectivity index (χ4v) is 2.67. The van der Waals surface area contributed by atoms with Gasteiger partial charge in [-0.3, -0.25) is 4.79 Å². The first-order chi connectivity index (χ1) is 9.61. The highest BCUT2D eigenvalue weighted by molar-refractivity contribution is 5.93. The number of nitrogens with zero attached hydrogens (tertiary/aromatic N) is 3. The molecule has 1 aromatic heterocycles. The summed E-state index contributed by atoms with van der Waals surface area (Å²) in [6, 6.07) is 2.13. The molecule has 1 saturated heterocycles. The molecular weight excluding hydrogens is 252 g/mol. The third-order valence-electron chi connectivity index (χ3n) is 3.93. The van der Waals surface area contributed by atoms with Gasteiger partial charge in [-0.1, -0.05) is 6.92 Å². The number of piperidine rings is 1. The molecule has 2 aliphatic rings. The van der Waals surface area contributed by atoms with Crippen molar-refractivity contribution in [3.05, 3.63) is 17.5 Å². The Kier molecular flexibility index (Phi) is 3.59. The highest BCUT2D eigenvalue weighted by atomic mass is 16.2. The molecule has 20 heavy (non-hydrogen) atoms. The van der Waals surface area contributed by atoms with Gasteiger partial charge in [0.05, 0.1) is 0 Å². The van der Waals surface area contributed by atoms with Crippen LogP contribution < -0.4 is 10.2 Å². The SMILES string of the molecule is Cc1cc(C(=O)NC2CC2)nc(N2CCCC(C)C2)n1. The number of hydrogen-bond acceptors (Lipinski definition) is 4. The van der Waals surface area contributed by atoms with Crippen LogP contribution in [0.15, 0.2) is 6.07 Å². The largest absolute Gasteiger partial charge is 0.348 e. The van der Waals surface area contributed by atoms with Gasteiger partial charge in [-0.15, -0.1) is 0 Å². The summed E-state index contributed by atoms with van der Waals surface area (Å²) in [4.78, 5) is 23.3. The van der Waals surface area contributed by atoms with Crippen LogP contribution in [-0.4, -0.2) is 35.0 Å². The van der Waals surface area contributed by atoms with Gasteiger partial charge in [0.2, 0.25) is 5.95 Å². The van der Waals surface area contributed by atoms with Crippen LogP contribution in [0.5, 0.6) is 0 Å². The van der Waals surface area contributed by atoms with Gasteiger partial charge in [0.1, 0.15) is 5.69 Å². The molecule has 1 atom stereocenters. The van der Waals surface area contributed by atoms with Crippen LogP contribution in [0.1, 0.15) is 48.8 Å². The van der Waals surface area contributed by atoms with Crippen LogP contribution in [-0.2, 0) is 0 Å². The Balaban J connectivity index is 1.79. The van der Waals surface area contributed by atoms with Crippen LogP contribution in [0.2, 0.25) is 0 Å². The number of aromatic nitrogens is 2. The molecule has 1 aliphatic heterocycles. The number of hydrogen-bond donors (Lipinski definition) is 1. The predicted molar refractivity (Wildman–Crippen MR) is 77.9 cm³/mol. The fraction of sp³-hybridized carbons (Fsp3) is 0.667. The molecular formula is C15H22N4O. The molecule has 3 rings (SSSR count). The minimum Gasteiger partial charge on any atom is -0.348 e. The van der Waals surface area contributed by atoms with Gasteiger partial charge in [-0.25, -0.2) is 9.97 Å². The second-order valence-corrected chi connectivity index (χ2v) is 6.14. The molecule has 1 N–H and O–H groups in total. The average Bonchev–Trinajstić information content (AvgIpc) is 3.22. The molecule has 1 unspecified atom stereocenters. The summed E-state index contributed by atoms with van der Waals surface area (Å²) < 4.78 is 0. The lowest BCUT2D eigenvalue weighted by Gasteiger charge is -2.31. The van der Waals surface area contributed by atoms with E-state index in [4.69, 9.17) is 0 Å². The van der Waals surface area contributed by atoms with Crippen molar-refractivity contribution in [1.82, 2.24) is 15.3 Å². The quantitative estimate of drug-likeness (QED) is 0.914. The van der Waals surface area contributed by atoms with Gasteiger partial charge >= 0.3 is 0 Å². The molecule has 1 amide bonds. The normalized spacial score (nSPS) is 22.7. The van der Waals surface area contributed by atoms with E-state index in [2.05, 4.69) is 27.1 Å². The summed E-state index contributed by atoms with van der Waals surface area (Å²) in [6.07, 6.45) is 4.61. The number of nitrogens with one attached hydrogen (secondary N) is 1. The molecule has 1 aliphatic carbocycles. The zero-order valence-corrected chi connectivity index (χ0v) is 12.2. The van der Waals surface area contributed by atoms with E-state index < -0.39 is 0 Å². The molecule has 1 saturated carbocycles. The first-order valence-electron chi connectivity index (χ1n) is 7.53. The molecule has 0 aromatic carbocycles. The smallest absolute Gasteiger partial charge is 0.270 e. The Labute approximate surface area is 119 Å². The lowest BCUT2D eigenvalue weighted by atomic mass is 10.0. The third kappa shape index (κ3) is 3.08. The molecule has 5 nitrogen and oxygen atoms in total. The van der Waals surface area contributed by atoms with Crippen molar-refractivity contribution in [1.29, 1.82) is 0 Å². The van der Waals surface area contributed by atoms with E-state index >= 15 is 0 Å². The van der Waals surface area contributed by atoms with Crippen molar-refractivity contribution in [2.24, 2.45) is 5.92 Å². The predicted octanol–water partition coefficient (Wildman–Crippen LogP) is 1.91. The maximum Gasteiger partial charge on any atom is 0.270 e. The van der Waals surface area contributed by atoms with Crippen molar-refractivity contribution in [2.75, 3.05) is 18.0 Å². The van der Waals surface area contributed by atoms with E-state index in [9.17, 15) is 4.79 Å². The Morgan fingerprint density at radius 2 is 2.15 bits per heavy atom. The first kappa shape index (κ1) is 13.3. The van der Waals surface area contributed by atoms with Crippen LogP contribution in [0.3, 0.4) is 0 Å². The maximum absolute atomic E-state index is 12.1. The van der Waals surface area contributed by atoms with Crippen LogP contribution in [0, 0.1) is 12.8 Å². The van der Waals surface area contributed by atoms with Crippen LogP contribution in [0.25, 0.3) is 0 Å². The number of aryl methyl sites for hydroxylation is 1. The molecule has 2 heterocycles. The molecule has 1 aromatic rings. The van der Waals surface area contributed by atoms with E-state index in [1.807, 2.05) is 6.92 Å². The molecule has 0 radical (unpaired) electrons. The Hall–Kier alpha value is -1.65. The Morgan fingerprint density at radius 3 is 2.85 bits per heavy atom. The second kappa shape index (κ2) is 5.38. The van der Waals surface area contributed by atoms with Crippen molar-refractivity contribution >= 4 is 11.9 Å². The van der Waals surface area contributed by atoms with Crippen LogP contribution >= 0.6 is 0 Å². The number of amides is 1. The van der Waals surface area contributed by atoms with E-state index in [0.29, 0.717) is 23.6 Å². The fourth-order valence-electron chi connectivity index (χ4n) is 2.67. The van der Waals surface area contributed by atoms with Crippen molar-refractivity contribution < 1.29 is 4.79 Å². The molecule has 5 heteroatoms. The summed E-state index contributed by atoms with van der Waals surface area (Å²) in [5.41, 5.74) is 1.35. The average molecular weight is 274 g/mol. The first-order valence-corrected chi connectivity index (χ1v) is 7.53. The van der Waals surface area contributed by atoms with Gasteiger partial charge in [-0.2, -0.15) is 0 Å². The molecule has 0 bridgehead atoms. The van der Waals surface area contributed by atoms with Gasteiger partial charge in [0.25, 0.3) is 5.91 Å². The highest BCUT2D eigenvalue weighted by Gasteiger charge is 2.25. The zero-order chi connectivity index (χ0) is 14.1. The standard InChI is InChI=1S/C15H22N4O/c1-10-4-3-7-19(9-10)15-16-11(2)8-13(18-15)14(20)17-12-5-6-12/h8,10,12H,3-7,9H2,1-2H3,(H,17,20). The Bertz CT molecular complexity index is 513. The van der Waals surface area contributed by atoms with Crippen molar-refractivity contribution in [2.45, 2.75) is 45.6 Å².